The minimum absolute atomic E-state index is 0.0384. The van der Waals surface area contributed by atoms with Crippen LogP contribution >= 0.6 is 0 Å². The minimum Gasteiger partial charge on any atom is -0.478 e. The molecule has 2 amide bonds. The van der Waals surface area contributed by atoms with Gasteiger partial charge in [-0.05, 0) is 41.3 Å². The van der Waals surface area contributed by atoms with Crippen LogP contribution in [0.25, 0.3) is 11.1 Å². The first-order valence-electron chi connectivity index (χ1n) is 10.5. The molecule has 4 rings (SSSR count). The van der Waals surface area contributed by atoms with Gasteiger partial charge in [0, 0.05) is 12.1 Å². The largest absolute Gasteiger partial charge is 0.478 e. The van der Waals surface area contributed by atoms with Gasteiger partial charge in [0.2, 0.25) is 5.91 Å². The van der Waals surface area contributed by atoms with Crippen molar-refractivity contribution in [2.45, 2.75) is 25.4 Å². The van der Waals surface area contributed by atoms with Crippen molar-refractivity contribution in [1.82, 2.24) is 15.6 Å². The van der Waals surface area contributed by atoms with E-state index >= 15 is 0 Å². The van der Waals surface area contributed by atoms with Crippen LogP contribution in [0.2, 0.25) is 0 Å². The minimum atomic E-state index is -1.07. The number of nitrogens with one attached hydrogen (secondary N) is 2. The second kappa shape index (κ2) is 9.52. The molecule has 33 heavy (non-hydrogen) atoms. The molecular weight excluding hydrogens is 422 g/mol. The maximum Gasteiger partial charge on any atom is 0.407 e. The Kier molecular flexibility index (Phi) is 6.35. The molecular formula is C25H23N3O5. The number of amides is 2. The summed E-state index contributed by atoms with van der Waals surface area (Å²) < 4.78 is 5.46. The van der Waals surface area contributed by atoms with Gasteiger partial charge < -0.3 is 20.5 Å². The van der Waals surface area contributed by atoms with Gasteiger partial charge in [0.05, 0.1) is 17.8 Å². The smallest absolute Gasteiger partial charge is 0.407 e. The van der Waals surface area contributed by atoms with Crippen molar-refractivity contribution in [1.29, 1.82) is 0 Å². The molecule has 0 saturated heterocycles. The summed E-state index contributed by atoms with van der Waals surface area (Å²) in [5, 5.41) is 14.2. The fraction of sp³-hybridized carbons (Fsp3) is 0.200. The molecule has 0 unspecified atom stereocenters. The van der Waals surface area contributed by atoms with E-state index in [0.29, 0.717) is 5.69 Å². The fourth-order valence-electron chi connectivity index (χ4n) is 3.92. The lowest BCUT2D eigenvalue weighted by Gasteiger charge is -2.17. The first-order chi connectivity index (χ1) is 15.9. The average Bonchev–Trinajstić information content (AvgIpc) is 3.15. The predicted molar refractivity (Wildman–Crippen MR) is 121 cm³/mol. The molecule has 0 bridgehead atoms. The van der Waals surface area contributed by atoms with E-state index in [-0.39, 0.29) is 24.6 Å². The number of hydrogen-bond donors (Lipinski definition) is 3. The Bertz CT molecular complexity index is 1160. The van der Waals surface area contributed by atoms with E-state index in [1.807, 2.05) is 36.4 Å². The lowest BCUT2D eigenvalue weighted by atomic mass is 9.98. The van der Waals surface area contributed by atoms with Crippen molar-refractivity contribution < 1.29 is 24.2 Å². The SMILES string of the molecule is C[C@H](NC(=O)OCC1c2ccccc2-c2ccccc21)C(=O)NCc1cc(C(=O)O)ccn1. The number of hydrogen-bond acceptors (Lipinski definition) is 5. The molecule has 3 aromatic rings. The zero-order valence-corrected chi connectivity index (χ0v) is 17.9. The van der Waals surface area contributed by atoms with Crippen LogP contribution < -0.4 is 10.6 Å². The molecule has 8 nitrogen and oxygen atoms in total. The summed E-state index contributed by atoms with van der Waals surface area (Å²) in [7, 11) is 0. The maximum absolute atomic E-state index is 12.3. The summed E-state index contributed by atoms with van der Waals surface area (Å²) in [6, 6.07) is 18.0. The van der Waals surface area contributed by atoms with Gasteiger partial charge >= 0.3 is 12.1 Å². The van der Waals surface area contributed by atoms with E-state index in [9.17, 15) is 14.4 Å². The van der Waals surface area contributed by atoms with Gasteiger partial charge in [-0.15, -0.1) is 0 Å². The van der Waals surface area contributed by atoms with Crippen LogP contribution in [0.15, 0.2) is 66.9 Å². The summed E-state index contributed by atoms with van der Waals surface area (Å²) >= 11 is 0. The van der Waals surface area contributed by atoms with Crippen LogP contribution in [-0.2, 0) is 16.1 Å². The van der Waals surface area contributed by atoms with Crippen molar-refractivity contribution >= 4 is 18.0 Å². The first-order valence-corrected chi connectivity index (χ1v) is 10.5. The first kappa shape index (κ1) is 22.0. The number of carbonyl (C=O) groups excluding carboxylic acids is 2. The number of fused-ring (bicyclic) bond motifs is 3. The molecule has 3 N–H and O–H groups in total. The van der Waals surface area contributed by atoms with Crippen molar-refractivity contribution in [3.8, 4) is 11.1 Å². The molecule has 1 aromatic heterocycles. The molecule has 0 fully saturated rings. The van der Waals surface area contributed by atoms with Gasteiger partial charge in [0.1, 0.15) is 12.6 Å². The van der Waals surface area contributed by atoms with Crippen LogP contribution in [0.1, 0.15) is 40.0 Å². The van der Waals surface area contributed by atoms with E-state index in [1.54, 1.807) is 0 Å². The van der Waals surface area contributed by atoms with Crippen molar-refractivity contribution in [3.05, 3.63) is 89.2 Å². The number of ether oxygens (including phenoxy) is 1. The van der Waals surface area contributed by atoms with Crippen LogP contribution in [0.4, 0.5) is 4.79 Å². The third-order valence-electron chi connectivity index (χ3n) is 5.58. The van der Waals surface area contributed by atoms with Crippen LogP contribution in [-0.4, -0.2) is 40.7 Å². The lowest BCUT2D eigenvalue weighted by molar-refractivity contribution is -0.122. The third-order valence-corrected chi connectivity index (χ3v) is 5.58. The standard InChI is InChI=1S/C25H23N3O5/c1-15(23(29)27-13-17-12-16(24(30)31)10-11-26-17)28-25(32)33-14-22-20-8-4-2-6-18(20)19-7-3-5-9-21(19)22/h2-12,15,22H,13-14H2,1H3,(H,27,29)(H,28,32)(H,30,31)/t15-/m0/s1. The summed E-state index contributed by atoms with van der Waals surface area (Å²) in [6.07, 6.45) is 0.675. The number of rotatable bonds is 7. The highest BCUT2D eigenvalue weighted by molar-refractivity contribution is 5.88. The van der Waals surface area contributed by atoms with Crippen molar-refractivity contribution in [2.75, 3.05) is 6.61 Å². The number of carboxylic acid groups (broad SMARTS) is 1. The predicted octanol–water partition coefficient (Wildman–Crippen LogP) is 3.32. The summed E-state index contributed by atoms with van der Waals surface area (Å²) in [5.41, 5.74) is 4.96. The van der Waals surface area contributed by atoms with Crippen LogP contribution in [0.5, 0.6) is 0 Å². The Hall–Kier alpha value is -4.20. The Morgan fingerprint density at radius 2 is 1.67 bits per heavy atom. The number of aromatic nitrogens is 1. The van der Waals surface area contributed by atoms with E-state index in [0.717, 1.165) is 22.3 Å². The van der Waals surface area contributed by atoms with Crippen molar-refractivity contribution in [3.63, 3.8) is 0 Å². The van der Waals surface area contributed by atoms with Gasteiger partial charge in [0.25, 0.3) is 0 Å². The van der Waals surface area contributed by atoms with Crippen molar-refractivity contribution in [2.24, 2.45) is 0 Å². The van der Waals surface area contributed by atoms with E-state index in [1.165, 1.54) is 25.3 Å². The molecule has 1 aliphatic carbocycles. The fourth-order valence-corrected chi connectivity index (χ4v) is 3.92. The monoisotopic (exact) mass is 445 g/mol. The summed E-state index contributed by atoms with van der Waals surface area (Å²) in [6.45, 7) is 1.73. The molecule has 0 spiro atoms. The number of nitrogens with zero attached hydrogens (tertiary/aromatic N) is 1. The molecule has 0 saturated carbocycles. The van der Waals surface area contributed by atoms with Crippen LogP contribution in [0, 0.1) is 0 Å². The molecule has 168 valence electrons. The highest BCUT2D eigenvalue weighted by Gasteiger charge is 2.29. The summed E-state index contributed by atoms with van der Waals surface area (Å²) in [5.74, 6) is -1.58. The summed E-state index contributed by atoms with van der Waals surface area (Å²) in [4.78, 5) is 39.7. The second-order valence-corrected chi connectivity index (χ2v) is 7.75. The second-order valence-electron chi connectivity index (χ2n) is 7.75. The molecule has 0 radical (unpaired) electrons. The highest BCUT2D eigenvalue weighted by Crippen LogP contribution is 2.44. The molecule has 1 aliphatic rings. The quantitative estimate of drug-likeness (QED) is 0.514. The van der Waals surface area contributed by atoms with E-state index in [2.05, 4.69) is 27.8 Å². The Balaban J connectivity index is 1.30. The van der Waals surface area contributed by atoms with Gasteiger partial charge in [-0.1, -0.05) is 48.5 Å². The number of aromatic carboxylic acids is 1. The molecule has 1 atom stereocenters. The van der Waals surface area contributed by atoms with Crippen LogP contribution in [0.3, 0.4) is 0 Å². The molecule has 8 heteroatoms. The van der Waals surface area contributed by atoms with Gasteiger partial charge in [0.15, 0.2) is 0 Å². The number of benzene rings is 2. The number of alkyl carbamates (subject to hydrolysis) is 1. The highest BCUT2D eigenvalue weighted by atomic mass is 16.5. The Morgan fingerprint density at radius 1 is 1.03 bits per heavy atom. The molecule has 1 heterocycles. The average molecular weight is 445 g/mol. The van der Waals surface area contributed by atoms with E-state index < -0.39 is 24.0 Å². The van der Waals surface area contributed by atoms with Gasteiger partial charge in [-0.2, -0.15) is 0 Å². The Morgan fingerprint density at radius 3 is 2.30 bits per heavy atom. The zero-order chi connectivity index (χ0) is 23.4. The number of pyridine rings is 1. The Labute approximate surface area is 190 Å². The normalized spacial score (nSPS) is 12.9. The number of carboxylic acids is 1. The van der Waals surface area contributed by atoms with Gasteiger partial charge in [-0.25, -0.2) is 9.59 Å². The molecule has 2 aromatic carbocycles. The third kappa shape index (κ3) is 4.85. The number of carbonyl (C=O) groups is 3. The van der Waals surface area contributed by atoms with E-state index in [4.69, 9.17) is 9.84 Å². The van der Waals surface area contributed by atoms with Gasteiger partial charge in [-0.3, -0.25) is 9.78 Å². The molecule has 0 aliphatic heterocycles. The maximum atomic E-state index is 12.3. The zero-order valence-electron chi connectivity index (χ0n) is 17.9. The topological polar surface area (TPSA) is 118 Å². The lowest BCUT2D eigenvalue weighted by Crippen LogP contribution is -2.45.